The fourth-order valence-corrected chi connectivity index (χ4v) is 4.62. The van der Waals surface area contributed by atoms with Crippen molar-refractivity contribution < 1.29 is 14.3 Å². The first-order chi connectivity index (χ1) is 18.1. The van der Waals surface area contributed by atoms with Gasteiger partial charge < -0.3 is 14.4 Å². The van der Waals surface area contributed by atoms with E-state index < -0.39 is 0 Å². The van der Waals surface area contributed by atoms with Crippen LogP contribution in [0, 0.1) is 6.92 Å². The highest BCUT2D eigenvalue weighted by Gasteiger charge is 2.16. The van der Waals surface area contributed by atoms with Gasteiger partial charge >= 0.3 is 0 Å². The minimum Gasteiger partial charge on any atom is -0.491 e. The zero-order valence-electron chi connectivity index (χ0n) is 21.2. The van der Waals surface area contributed by atoms with Crippen molar-refractivity contribution >= 4 is 5.91 Å². The molecule has 0 aliphatic carbocycles. The van der Waals surface area contributed by atoms with Crippen LogP contribution in [-0.2, 0) is 28.9 Å². The zero-order valence-corrected chi connectivity index (χ0v) is 21.2. The molecule has 2 heterocycles. The van der Waals surface area contributed by atoms with Crippen molar-refractivity contribution in [1.29, 1.82) is 0 Å². The zero-order chi connectivity index (χ0) is 25.5. The Morgan fingerprint density at radius 1 is 0.892 bits per heavy atom. The number of fused-ring (bicyclic) bond motifs is 3. The Labute approximate surface area is 218 Å². The van der Waals surface area contributed by atoms with Gasteiger partial charge in [0.15, 0.2) is 0 Å². The van der Waals surface area contributed by atoms with E-state index in [1.807, 2.05) is 35.4 Å². The minimum absolute atomic E-state index is 0.104. The average Bonchev–Trinajstić information content (AvgIpc) is 2.92. The van der Waals surface area contributed by atoms with Gasteiger partial charge in [0.1, 0.15) is 12.4 Å². The number of aryl methyl sites for hydroxylation is 1. The predicted molar refractivity (Wildman–Crippen MR) is 146 cm³/mol. The van der Waals surface area contributed by atoms with E-state index in [9.17, 15) is 4.79 Å². The number of amides is 1. The number of carbonyl (C=O) groups excluding carboxylic acids is 1. The molecule has 1 aromatic heterocycles. The van der Waals surface area contributed by atoms with Crippen LogP contribution in [0.4, 0.5) is 0 Å². The Morgan fingerprint density at radius 2 is 1.76 bits per heavy atom. The quantitative estimate of drug-likeness (QED) is 0.372. The topological polar surface area (TPSA) is 51.7 Å². The minimum atomic E-state index is 0.104. The molecule has 0 atom stereocenters. The van der Waals surface area contributed by atoms with Gasteiger partial charge in [0.05, 0.1) is 19.6 Å². The van der Waals surface area contributed by atoms with Crippen molar-refractivity contribution in [2.24, 2.45) is 0 Å². The average molecular weight is 493 g/mol. The summed E-state index contributed by atoms with van der Waals surface area (Å²) in [5, 5.41) is 0. The molecule has 4 aromatic rings. The van der Waals surface area contributed by atoms with Crippen LogP contribution in [0.1, 0.15) is 27.8 Å². The van der Waals surface area contributed by atoms with E-state index in [4.69, 9.17) is 9.47 Å². The number of aromatic nitrogens is 1. The highest BCUT2D eigenvalue weighted by molar-refractivity contribution is 5.78. The molecule has 0 unspecified atom stereocenters. The van der Waals surface area contributed by atoms with E-state index in [0.29, 0.717) is 39.3 Å². The Kier molecular flexibility index (Phi) is 7.92. The van der Waals surface area contributed by atoms with E-state index in [1.54, 1.807) is 6.20 Å². The summed E-state index contributed by atoms with van der Waals surface area (Å²) in [4.78, 5) is 19.4. The van der Waals surface area contributed by atoms with Gasteiger partial charge in [0, 0.05) is 37.5 Å². The molecular weight excluding hydrogens is 460 g/mol. The number of carbonyl (C=O) groups is 1. The summed E-state index contributed by atoms with van der Waals surface area (Å²) in [6, 6.07) is 27.0. The lowest BCUT2D eigenvalue weighted by molar-refractivity contribution is -0.131. The standard InChI is InChI=1S/C32H32N2O3/c1-24-7-9-25(10-8-24)20-32(35)34-14-15-36-16-17-37-31-12-11-28(29-6-3-13-33-22-29)21-30(31)19-26-4-2-5-27(18-26)23-34/h2-13,18,21-22H,14-17,19-20,23H2,1H3. The molecule has 0 saturated carbocycles. The van der Waals surface area contributed by atoms with Gasteiger partial charge in [-0.15, -0.1) is 0 Å². The molecule has 0 spiro atoms. The predicted octanol–water partition coefficient (Wildman–Crippen LogP) is 5.63. The maximum absolute atomic E-state index is 13.3. The SMILES string of the molecule is Cc1ccc(CC(=O)N2CCOCCOc3ccc(-c4cccnc4)cc3Cc3cccc(c3)C2)cc1. The van der Waals surface area contributed by atoms with Crippen molar-refractivity contribution in [3.05, 3.63) is 119 Å². The monoisotopic (exact) mass is 492 g/mol. The van der Waals surface area contributed by atoms with E-state index in [1.165, 1.54) is 11.1 Å². The number of hydrogen-bond acceptors (Lipinski definition) is 4. The maximum Gasteiger partial charge on any atom is 0.227 e. The molecule has 0 saturated heterocycles. The first-order valence-electron chi connectivity index (χ1n) is 12.8. The maximum atomic E-state index is 13.3. The van der Waals surface area contributed by atoms with Crippen molar-refractivity contribution in [2.45, 2.75) is 26.3 Å². The second-order valence-corrected chi connectivity index (χ2v) is 9.50. The van der Waals surface area contributed by atoms with Crippen LogP contribution in [0.25, 0.3) is 11.1 Å². The van der Waals surface area contributed by atoms with Gasteiger partial charge in [0.2, 0.25) is 5.91 Å². The molecule has 1 aliphatic heterocycles. The molecular formula is C32H32N2O3. The van der Waals surface area contributed by atoms with Crippen LogP contribution in [0.15, 0.2) is 91.3 Å². The summed E-state index contributed by atoms with van der Waals surface area (Å²) in [6.45, 7) is 4.54. The number of nitrogens with zero attached hydrogens (tertiary/aromatic N) is 2. The molecule has 0 fully saturated rings. The van der Waals surface area contributed by atoms with Crippen LogP contribution in [0.3, 0.4) is 0 Å². The number of benzene rings is 3. The number of hydrogen-bond donors (Lipinski definition) is 0. The van der Waals surface area contributed by atoms with Gasteiger partial charge in [-0.05, 0) is 52.9 Å². The number of ether oxygens (including phenoxy) is 2. The van der Waals surface area contributed by atoms with Crippen molar-refractivity contribution in [1.82, 2.24) is 9.88 Å². The number of rotatable bonds is 3. The van der Waals surface area contributed by atoms with Crippen LogP contribution in [0.5, 0.6) is 5.75 Å². The summed E-state index contributed by atoms with van der Waals surface area (Å²) < 4.78 is 12.0. The fraction of sp³-hybridized carbons (Fsp3) is 0.250. The first-order valence-corrected chi connectivity index (χ1v) is 12.8. The smallest absolute Gasteiger partial charge is 0.227 e. The molecule has 3 aromatic carbocycles. The van der Waals surface area contributed by atoms with Gasteiger partial charge in [0.25, 0.3) is 0 Å². The molecule has 188 valence electrons. The molecule has 0 N–H and O–H groups in total. The molecule has 5 heteroatoms. The Morgan fingerprint density at radius 3 is 2.59 bits per heavy atom. The van der Waals surface area contributed by atoms with Crippen LogP contribution in [0.2, 0.25) is 0 Å². The van der Waals surface area contributed by atoms with Gasteiger partial charge in [-0.2, -0.15) is 0 Å². The molecule has 1 aliphatic rings. The van der Waals surface area contributed by atoms with Crippen LogP contribution in [-0.4, -0.2) is 42.2 Å². The fourth-order valence-electron chi connectivity index (χ4n) is 4.62. The molecule has 5 nitrogen and oxygen atoms in total. The third-order valence-electron chi connectivity index (χ3n) is 6.63. The van der Waals surface area contributed by atoms with Gasteiger partial charge in [-0.25, -0.2) is 0 Å². The molecule has 5 rings (SSSR count). The highest BCUT2D eigenvalue weighted by atomic mass is 16.5. The Hall–Kier alpha value is -3.96. The second-order valence-electron chi connectivity index (χ2n) is 9.50. The van der Waals surface area contributed by atoms with E-state index in [2.05, 4.69) is 66.5 Å². The van der Waals surface area contributed by atoms with E-state index in [-0.39, 0.29) is 5.91 Å². The Bertz CT molecular complexity index is 1340. The highest BCUT2D eigenvalue weighted by Crippen LogP contribution is 2.29. The van der Waals surface area contributed by atoms with Crippen LogP contribution >= 0.6 is 0 Å². The molecule has 1 amide bonds. The molecule has 37 heavy (non-hydrogen) atoms. The van der Waals surface area contributed by atoms with E-state index in [0.717, 1.165) is 40.0 Å². The van der Waals surface area contributed by atoms with Gasteiger partial charge in [-0.3, -0.25) is 9.78 Å². The largest absolute Gasteiger partial charge is 0.491 e. The normalized spacial score (nSPS) is 14.2. The summed E-state index contributed by atoms with van der Waals surface area (Å²) in [5.41, 5.74) is 7.81. The first kappa shape index (κ1) is 24.7. The summed E-state index contributed by atoms with van der Waals surface area (Å²) in [5.74, 6) is 0.973. The summed E-state index contributed by atoms with van der Waals surface area (Å²) >= 11 is 0. The van der Waals surface area contributed by atoms with Crippen LogP contribution < -0.4 is 4.74 Å². The van der Waals surface area contributed by atoms with Crippen molar-refractivity contribution in [3.63, 3.8) is 0 Å². The third-order valence-corrected chi connectivity index (χ3v) is 6.63. The third kappa shape index (κ3) is 6.63. The van der Waals surface area contributed by atoms with Crippen molar-refractivity contribution in [2.75, 3.05) is 26.4 Å². The second kappa shape index (κ2) is 11.8. The molecule has 2 bridgehead atoms. The lowest BCUT2D eigenvalue weighted by atomic mass is 9.98. The number of pyridine rings is 1. The summed E-state index contributed by atoms with van der Waals surface area (Å²) in [7, 11) is 0. The Balaban J connectivity index is 1.40. The van der Waals surface area contributed by atoms with Crippen molar-refractivity contribution in [3.8, 4) is 16.9 Å². The lowest BCUT2D eigenvalue weighted by Gasteiger charge is -2.24. The lowest BCUT2D eigenvalue weighted by Crippen LogP contribution is -2.35. The van der Waals surface area contributed by atoms with Gasteiger partial charge in [-0.1, -0.05) is 66.2 Å². The summed E-state index contributed by atoms with van der Waals surface area (Å²) in [6.07, 6.45) is 4.78. The van der Waals surface area contributed by atoms with E-state index >= 15 is 0 Å². The molecule has 0 radical (unpaired) electrons.